The van der Waals surface area contributed by atoms with E-state index in [9.17, 15) is 9.18 Å². The van der Waals surface area contributed by atoms with Crippen LogP contribution in [0.1, 0.15) is 16.0 Å². The first-order valence-corrected chi connectivity index (χ1v) is 4.95. The highest BCUT2D eigenvalue weighted by molar-refractivity contribution is 9.09. The third-order valence-electron chi connectivity index (χ3n) is 1.88. The molecular weight excluding hydrogens is 251 g/mol. The van der Waals surface area contributed by atoms with Crippen molar-refractivity contribution < 1.29 is 13.9 Å². The topological polar surface area (TPSA) is 26.3 Å². The second-order valence-electron chi connectivity index (χ2n) is 2.89. The molecule has 1 aromatic rings. The third-order valence-corrected chi connectivity index (χ3v) is 2.79. The van der Waals surface area contributed by atoms with Crippen molar-refractivity contribution in [3.63, 3.8) is 0 Å². The largest absolute Gasteiger partial charge is 0.468 e. The summed E-state index contributed by atoms with van der Waals surface area (Å²) in [7, 11) is 1.31. The van der Waals surface area contributed by atoms with Crippen LogP contribution in [0.2, 0.25) is 0 Å². The maximum absolute atomic E-state index is 12.9. The van der Waals surface area contributed by atoms with E-state index in [4.69, 9.17) is 0 Å². The number of aryl methyl sites for hydroxylation is 1. The van der Waals surface area contributed by atoms with Crippen LogP contribution in [-0.4, -0.2) is 13.1 Å². The van der Waals surface area contributed by atoms with Gasteiger partial charge in [0.25, 0.3) is 0 Å². The molecule has 0 spiro atoms. The van der Waals surface area contributed by atoms with Crippen LogP contribution < -0.4 is 0 Å². The Morgan fingerprint density at radius 3 is 2.71 bits per heavy atom. The van der Waals surface area contributed by atoms with Gasteiger partial charge in [-0.1, -0.05) is 28.1 Å². The quantitative estimate of drug-likeness (QED) is 0.604. The molecular formula is C10H10BrFO2. The van der Waals surface area contributed by atoms with E-state index in [1.54, 1.807) is 19.1 Å². The van der Waals surface area contributed by atoms with Crippen molar-refractivity contribution in [1.29, 1.82) is 0 Å². The Kier molecular flexibility index (Phi) is 3.63. The molecule has 0 aliphatic carbocycles. The Balaban J connectivity index is 2.96. The SMILES string of the molecule is COC(=O)C(Br)c1ccc(F)c(C)c1. The number of benzene rings is 1. The molecule has 0 aliphatic rings. The molecule has 0 saturated carbocycles. The molecule has 0 fully saturated rings. The molecule has 1 aromatic carbocycles. The van der Waals surface area contributed by atoms with E-state index in [2.05, 4.69) is 20.7 Å². The first-order chi connectivity index (χ1) is 6.56. The van der Waals surface area contributed by atoms with Crippen LogP contribution in [0.15, 0.2) is 18.2 Å². The Bertz CT molecular complexity index is 352. The normalized spacial score (nSPS) is 12.3. The Hall–Kier alpha value is -0.900. The minimum atomic E-state index is -0.535. The lowest BCUT2D eigenvalue weighted by molar-refractivity contribution is -0.139. The third kappa shape index (κ3) is 2.32. The van der Waals surface area contributed by atoms with E-state index in [1.165, 1.54) is 13.2 Å². The van der Waals surface area contributed by atoms with Gasteiger partial charge in [0.05, 0.1) is 7.11 Å². The zero-order valence-electron chi connectivity index (χ0n) is 7.88. The lowest BCUT2D eigenvalue weighted by atomic mass is 10.1. The van der Waals surface area contributed by atoms with Gasteiger partial charge in [0, 0.05) is 0 Å². The molecule has 4 heteroatoms. The summed E-state index contributed by atoms with van der Waals surface area (Å²) in [6, 6.07) is 4.51. The molecule has 2 nitrogen and oxygen atoms in total. The summed E-state index contributed by atoms with van der Waals surface area (Å²) in [5.41, 5.74) is 1.20. The van der Waals surface area contributed by atoms with Gasteiger partial charge in [0.1, 0.15) is 10.6 Å². The number of carbonyl (C=O) groups excluding carboxylic acids is 1. The molecule has 0 N–H and O–H groups in total. The zero-order chi connectivity index (χ0) is 10.7. The molecule has 0 aromatic heterocycles. The predicted molar refractivity (Wildman–Crippen MR) is 54.8 cm³/mol. The summed E-state index contributed by atoms with van der Waals surface area (Å²) in [5.74, 6) is -0.672. The smallest absolute Gasteiger partial charge is 0.323 e. The molecule has 1 atom stereocenters. The summed E-state index contributed by atoms with van der Waals surface area (Å²) < 4.78 is 17.5. The van der Waals surface area contributed by atoms with Crippen LogP contribution in [0.5, 0.6) is 0 Å². The highest BCUT2D eigenvalue weighted by Crippen LogP contribution is 2.25. The van der Waals surface area contributed by atoms with Crippen molar-refractivity contribution in [2.75, 3.05) is 7.11 Å². The van der Waals surface area contributed by atoms with Crippen molar-refractivity contribution in [3.8, 4) is 0 Å². The maximum atomic E-state index is 12.9. The van der Waals surface area contributed by atoms with E-state index in [0.717, 1.165) is 0 Å². The summed E-state index contributed by atoms with van der Waals surface area (Å²) >= 11 is 3.17. The molecule has 1 unspecified atom stereocenters. The number of carbonyl (C=O) groups is 1. The van der Waals surface area contributed by atoms with Crippen LogP contribution in [0.25, 0.3) is 0 Å². The number of rotatable bonds is 2. The number of hydrogen-bond donors (Lipinski definition) is 0. The number of methoxy groups -OCH3 is 1. The standard InChI is InChI=1S/C10H10BrFO2/c1-6-5-7(3-4-8(6)12)9(11)10(13)14-2/h3-5,9H,1-2H3. The van der Waals surface area contributed by atoms with Gasteiger partial charge in [0.2, 0.25) is 0 Å². The number of esters is 1. The highest BCUT2D eigenvalue weighted by atomic mass is 79.9. The summed E-state index contributed by atoms with van der Waals surface area (Å²) in [6.45, 7) is 1.65. The van der Waals surface area contributed by atoms with Crippen LogP contribution in [0.4, 0.5) is 4.39 Å². The van der Waals surface area contributed by atoms with Gasteiger partial charge in [-0.2, -0.15) is 0 Å². The summed E-state index contributed by atoms with van der Waals surface area (Å²) in [5, 5.41) is 0. The molecule has 0 saturated heterocycles. The second-order valence-corrected chi connectivity index (χ2v) is 3.81. The minimum absolute atomic E-state index is 0.279. The number of halogens is 2. The van der Waals surface area contributed by atoms with Crippen molar-refractivity contribution in [2.45, 2.75) is 11.8 Å². The van der Waals surface area contributed by atoms with Gasteiger partial charge in [-0.25, -0.2) is 4.39 Å². The van der Waals surface area contributed by atoms with E-state index in [0.29, 0.717) is 11.1 Å². The van der Waals surface area contributed by atoms with Crippen LogP contribution >= 0.6 is 15.9 Å². The lowest BCUT2D eigenvalue weighted by Gasteiger charge is -2.08. The lowest BCUT2D eigenvalue weighted by Crippen LogP contribution is -2.08. The first-order valence-electron chi connectivity index (χ1n) is 4.04. The van der Waals surface area contributed by atoms with Crippen molar-refractivity contribution in [2.24, 2.45) is 0 Å². The van der Waals surface area contributed by atoms with Crippen LogP contribution in [0.3, 0.4) is 0 Å². The van der Waals surface area contributed by atoms with Crippen molar-refractivity contribution in [1.82, 2.24) is 0 Å². The van der Waals surface area contributed by atoms with Crippen molar-refractivity contribution >= 4 is 21.9 Å². The Labute approximate surface area is 90.2 Å². The van der Waals surface area contributed by atoms with E-state index in [1.807, 2.05) is 0 Å². The van der Waals surface area contributed by atoms with Gasteiger partial charge in [-0.15, -0.1) is 0 Å². The minimum Gasteiger partial charge on any atom is -0.468 e. The molecule has 0 amide bonds. The van der Waals surface area contributed by atoms with Crippen molar-refractivity contribution in [3.05, 3.63) is 35.1 Å². The Morgan fingerprint density at radius 1 is 1.57 bits per heavy atom. The molecule has 0 heterocycles. The average molecular weight is 261 g/mol. The van der Waals surface area contributed by atoms with E-state index in [-0.39, 0.29) is 5.82 Å². The Morgan fingerprint density at radius 2 is 2.21 bits per heavy atom. The fourth-order valence-electron chi connectivity index (χ4n) is 1.07. The van der Waals surface area contributed by atoms with Gasteiger partial charge in [-0.3, -0.25) is 4.79 Å². The number of ether oxygens (including phenoxy) is 1. The first kappa shape index (κ1) is 11.2. The van der Waals surface area contributed by atoms with Gasteiger partial charge >= 0.3 is 5.97 Å². The fourth-order valence-corrected chi connectivity index (χ4v) is 1.54. The van der Waals surface area contributed by atoms with Crippen LogP contribution in [-0.2, 0) is 9.53 Å². The van der Waals surface area contributed by atoms with E-state index >= 15 is 0 Å². The molecule has 14 heavy (non-hydrogen) atoms. The molecule has 76 valence electrons. The number of hydrogen-bond acceptors (Lipinski definition) is 2. The molecule has 0 aliphatic heterocycles. The van der Waals surface area contributed by atoms with Crippen LogP contribution in [0, 0.1) is 12.7 Å². The molecule has 1 rings (SSSR count). The molecule has 0 bridgehead atoms. The summed E-state index contributed by atoms with van der Waals surface area (Å²) in [6.07, 6.45) is 0. The van der Waals surface area contributed by atoms with Gasteiger partial charge in [0.15, 0.2) is 0 Å². The second kappa shape index (κ2) is 4.55. The number of alkyl halides is 1. The maximum Gasteiger partial charge on any atom is 0.323 e. The van der Waals surface area contributed by atoms with E-state index < -0.39 is 10.8 Å². The average Bonchev–Trinajstić information content (AvgIpc) is 2.20. The van der Waals surface area contributed by atoms with Gasteiger partial charge < -0.3 is 4.74 Å². The predicted octanol–water partition coefficient (Wildman–Crippen LogP) is 2.74. The molecule has 0 radical (unpaired) electrons. The monoisotopic (exact) mass is 260 g/mol. The highest BCUT2D eigenvalue weighted by Gasteiger charge is 2.17. The fraction of sp³-hybridized carbons (Fsp3) is 0.300. The van der Waals surface area contributed by atoms with Gasteiger partial charge in [-0.05, 0) is 24.1 Å². The summed E-state index contributed by atoms with van der Waals surface area (Å²) in [4.78, 5) is 10.6. The zero-order valence-corrected chi connectivity index (χ0v) is 9.47.